The quantitative estimate of drug-likeness (QED) is 0.339. The van der Waals surface area contributed by atoms with E-state index in [-0.39, 0.29) is 11.3 Å². The van der Waals surface area contributed by atoms with E-state index in [1.807, 2.05) is 6.08 Å². The van der Waals surface area contributed by atoms with Crippen LogP contribution in [0, 0.1) is 0 Å². The van der Waals surface area contributed by atoms with E-state index in [0.29, 0.717) is 6.42 Å². The Morgan fingerprint density at radius 2 is 1.64 bits per heavy atom. The molecule has 0 saturated carbocycles. The molecule has 0 heterocycles. The number of hydrogen-bond acceptors (Lipinski definition) is 2. The van der Waals surface area contributed by atoms with Crippen molar-refractivity contribution in [1.29, 1.82) is 0 Å². The zero-order chi connectivity index (χ0) is 18.3. The highest BCUT2D eigenvalue weighted by atomic mass is 16.4. The lowest BCUT2D eigenvalue weighted by molar-refractivity contribution is 0.0692. The van der Waals surface area contributed by atoms with Gasteiger partial charge in [-0.1, -0.05) is 61.8 Å². The molecule has 0 spiro atoms. The molecule has 0 radical (unpaired) electrons. The van der Waals surface area contributed by atoms with Gasteiger partial charge in [-0.15, -0.1) is 6.58 Å². The Hall–Kier alpha value is -2.29. The average Bonchev–Trinajstić information content (AvgIpc) is 2.58. The third-order valence-electron chi connectivity index (χ3n) is 4.07. The van der Waals surface area contributed by atoms with Crippen molar-refractivity contribution >= 4 is 5.97 Å². The van der Waals surface area contributed by atoms with Gasteiger partial charge in [0.1, 0.15) is 11.3 Å². The monoisotopic (exact) mass is 342 g/mol. The summed E-state index contributed by atoms with van der Waals surface area (Å²) >= 11 is 0. The molecule has 136 valence electrons. The largest absolute Gasteiger partial charge is 0.507 e. The van der Waals surface area contributed by atoms with Crippen LogP contribution in [0.5, 0.6) is 5.75 Å². The van der Waals surface area contributed by atoms with Gasteiger partial charge in [-0.2, -0.15) is 0 Å². The highest BCUT2D eigenvalue weighted by Gasteiger charge is 2.14. The maximum atomic E-state index is 11.2. The van der Waals surface area contributed by atoms with Crippen LogP contribution in [-0.4, -0.2) is 16.2 Å². The number of carbonyl (C=O) groups is 1. The molecule has 1 aromatic carbocycles. The van der Waals surface area contributed by atoms with Crippen molar-refractivity contribution in [3.63, 3.8) is 0 Å². The minimum Gasteiger partial charge on any atom is -0.507 e. The lowest BCUT2D eigenvalue weighted by Crippen LogP contribution is -2.03. The number of aromatic hydroxyl groups is 1. The SMILES string of the molecule is C=CCC=CCC=CCCCCCCCc1cccc(O)c1C(=O)O. The Bertz CT molecular complexity index is 585. The molecular weight excluding hydrogens is 312 g/mol. The van der Waals surface area contributed by atoms with Crippen molar-refractivity contribution in [3.8, 4) is 5.75 Å². The van der Waals surface area contributed by atoms with E-state index in [4.69, 9.17) is 0 Å². The van der Waals surface area contributed by atoms with Crippen LogP contribution in [0.15, 0.2) is 55.2 Å². The molecule has 25 heavy (non-hydrogen) atoms. The second kappa shape index (κ2) is 13.1. The number of unbranched alkanes of at least 4 members (excludes halogenated alkanes) is 5. The smallest absolute Gasteiger partial charge is 0.339 e. The van der Waals surface area contributed by atoms with E-state index < -0.39 is 5.97 Å². The highest BCUT2D eigenvalue weighted by Crippen LogP contribution is 2.23. The summed E-state index contributed by atoms with van der Waals surface area (Å²) in [5.41, 5.74) is 0.773. The number of phenols is 1. The van der Waals surface area contributed by atoms with Crippen molar-refractivity contribution in [3.05, 3.63) is 66.3 Å². The van der Waals surface area contributed by atoms with Gasteiger partial charge in [0.05, 0.1) is 0 Å². The van der Waals surface area contributed by atoms with Crippen LogP contribution in [0.25, 0.3) is 0 Å². The van der Waals surface area contributed by atoms with Crippen LogP contribution < -0.4 is 0 Å². The third kappa shape index (κ3) is 8.94. The summed E-state index contributed by atoms with van der Waals surface area (Å²) in [6.07, 6.45) is 19.9. The Morgan fingerprint density at radius 3 is 2.40 bits per heavy atom. The van der Waals surface area contributed by atoms with Gasteiger partial charge >= 0.3 is 5.97 Å². The molecular formula is C22H30O3. The van der Waals surface area contributed by atoms with Crippen molar-refractivity contribution in [2.24, 2.45) is 0 Å². The fraction of sp³-hybridized carbons (Fsp3) is 0.409. The van der Waals surface area contributed by atoms with Crippen LogP contribution >= 0.6 is 0 Å². The lowest BCUT2D eigenvalue weighted by Gasteiger charge is -2.07. The first kappa shape index (κ1) is 20.8. The molecule has 0 saturated heterocycles. The fourth-order valence-corrected chi connectivity index (χ4v) is 2.73. The molecule has 0 bridgehead atoms. The van der Waals surface area contributed by atoms with Gasteiger partial charge in [-0.25, -0.2) is 4.79 Å². The number of benzene rings is 1. The van der Waals surface area contributed by atoms with Gasteiger partial charge in [-0.3, -0.25) is 0 Å². The molecule has 0 atom stereocenters. The first-order valence-corrected chi connectivity index (χ1v) is 9.12. The van der Waals surface area contributed by atoms with Crippen LogP contribution in [-0.2, 0) is 6.42 Å². The Morgan fingerprint density at radius 1 is 0.960 bits per heavy atom. The highest BCUT2D eigenvalue weighted by molar-refractivity contribution is 5.92. The van der Waals surface area contributed by atoms with Crippen LogP contribution in [0.3, 0.4) is 0 Å². The van der Waals surface area contributed by atoms with Gasteiger partial charge in [0, 0.05) is 0 Å². The van der Waals surface area contributed by atoms with Crippen molar-refractivity contribution in [1.82, 2.24) is 0 Å². The number of hydrogen-bond donors (Lipinski definition) is 2. The first-order chi connectivity index (χ1) is 12.2. The topological polar surface area (TPSA) is 57.5 Å². The van der Waals surface area contributed by atoms with E-state index in [1.54, 1.807) is 12.1 Å². The first-order valence-electron chi connectivity index (χ1n) is 9.12. The summed E-state index contributed by atoms with van der Waals surface area (Å²) < 4.78 is 0. The van der Waals surface area contributed by atoms with E-state index in [9.17, 15) is 15.0 Å². The zero-order valence-corrected chi connectivity index (χ0v) is 15.0. The number of carboxylic acid groups (broad SMARTS) is 1. The van der Waals surface area contributed by atoms with Crippen molar-refractivity contribution in [2.45, 2.75) is 57.8 Å². The fourth-order valence-electron chi connectivity index (χ4n) is 2.73. The molecule has 0 aromatic heterocycles. The molecule has 0 fully saturated rings. The van der Waals surface area contributed by atoms with Crippen molar-refractivity contribution in [2.75, 3.05) is 0 Å². The Balaban J connectivity index is 2.11. The maximum Gasteiger partial charge on any atom is 0.339 e. The molecule has 0 aliphatic carbocycles. The van der Waals surface area contributed by atoms with E-state index in [0.717, 1.165) is 44.1 Å². The second-order valence-corrected chi connectivity index (χ2v) is 6.13. The molecule has 0 amide bonds. The Labute approximate surface area is 151 Å². The van der Waals surface area contributed by atoms with Gasteiger partial charge in [-0.05, 0) is 50.2 Å². The van der Waals surface area contributed by atoms with Gasteiger partial charge in [0.25, 0.3) is 0 Å². The van der Waals surface area contributed by atoms with E-state index >= 15 is 0 Å². The molecule has 0 aliphatic heterocycles. The Kier molecular flexibility index (Phi) is 10.8. The van der Waals surface area contributed by atoms with Gasteiger partial charge < -0.3 is 10.2 Å². The van der Waals surface area contributed by atoms with E-state index in [1.165, 1.54) is 18.9 Å². The predicted molar refractivity (Wildman–Crippen MR) is 104 cm³/mol. The average molecular weight is 342 g/mol. The second-order valence-electron chi connectivity index (χ2n) is 6.13. The summed E-state index contributed by atoms with van der Waals surface area (Å²) in [7, 11) is 0. The number of aromatic carboxylic acids is 1. The summed E-state index contributed by atoms with van der Waals surface area (Å²) in [6, 6.07) is 4.92. The predicted octanol–water partition coefficient (Wildman–Crippen LogP) is 6.05. The molecule has 3 heteroatoms. The summed E-state index contributed by atoms with van der Waals surface area (Å²) in [5, 5.41) is 18.8. The molecule has 0 unspecified atom stereocenters. The number of allylic oxidation sites excluding steroid dienone is 5. The lowest BCUT2D eigenvalue weighted by atomic mass is 9.99. The zero-order valence-electron chi connectivity index (χ0n) is 15.0. The number of carboxylic acids is 1. The minimum atomic E-state index is -1.06. The van der Waals surface area contributed by atoms with Gasteiger partial charge in [0.15, 0.2) is 0 Å². The molecule has 3 nitrogen and oxygen atoms in total. The minimum absolute atomic E-state index is 0.0507. The standard InChI is InChI=1S/C22H30O3/c1-2-3-4-5-6-7-8-9-10-11-12-13-14-16-19-17-15-18-20(23)21(19)22(24)25/h2,4-5,7-8,15,17-18,23H,1,3,6,9-14,16H2,(H,24,25). The molecule has 0 aliphatic rings. The maximum absolute atomic E-state index is 11.2. The van der Waals surface area contributed by atoms with E-state index in [2.05, 4.69) is 30.9 Å². The summed E-state index contributed by atoms with van der Waals surface area (Å²) in [4.78, 5) is 11.2. The van der Waals surface area contributed by atoms with Crippen LogP contribution in [0.4, 0.5) is 0 Å². The van der Waals surface area contributed by atoms with Crippen molar-refractivity contribution < 1.29 is 15.0 Å². The normalized spacial score (nSPS) is 11.4. The third-order valence-corrected chi connectivity index (χ3v) is 4.07. The van der Waals surface area contributed by atoms with Crippen LogP contribution in [0.1, 0.15) is 67.3 Å². The summed E-state index contributed by atoms with van der Waals surface area (Å²) in [5.74, 6) is -1.20. The van der Waals surface area contributed by atoms with Gasteiger partial charge in [0.2, 0.25) is 0 Å². The summed E-state index contributed by atoms with van der Waals surface area (Å²) in [6.45, 7) is 3.68. The number of rotatable bonds is 13. The molecule has 1 aromatic rings. The van der Waals surface area contributed by atoms with Crippen LogP contribution in [0.2, 0.25) is 0 Å². The molecule has 1 rings (SSSR count). The number of aryl methyl sites for hydroxylation is 1. The molecule has 2 N–H and O–H groups in total.